The molecular weight excluding hydrogens is 512 g/mol. The van der Waals surface area contributed by atoms with Crippen LogP contribution in [0.15, 0.2) is 42.5 Å². The van der Waals surface area contributed by atoms with Crippen molar-refractivity contribution in [2.45, 2.75) is 51.5 Å². The normalized spacial score (nSPS) is 16.6. The molecule has 3 amide bonds. The molecule has 0 bridgehead atoms. The molecule has 10 nitrogen and oxygen atoms in total. The molecule has 0 aromatic heterocycles. The molecule has 2 aliphatic rings. The molecule has 2 aromatic rings. The van der Waals surface area contributed by atoms with Gasteiger partial charge in [-0.2, -0.15) is 0 Å². The van der Waals surface area contributed by atoms with Gasteiger partial charge >= 0.3 is 12.1 Å². The van der Waals surface area contributed by atoms with E-state index in [1.54, 1.807) is 23.1 Å². The lowest BCUT2D eigenvalue weighted by atomic mass is 9.88. The average molecular weight is 551 g/mol. The number of hydrogen-bond donors (Lipinski definition) is 3. The Kier molecular flexibility index (Phi) is 9.63. The minimum absolute atomic E-state index is 0.0601. The number of carbonyl (C=O) groups is 4. The molecule has 1 heterocycles. The fraction of sp³-hybridized carbons (Fsp3) is 0.467. The molecule has 1 saturated carbocycles. The fourth-order valence-electron chi connectivity index (χ4n) is 5.38. The number of aryl methyl sites for hydroxylation is 1. The summed E-state index contributed by atoms with van der Waals surface area (Å²) in [6.45, 7) is 3.97. The topological polar surface area (TPSA) is 128 Å². The van der Waals surface area contributed by atoms with E-state index in [0.29, 0.717) is 43.0 Å². The highest BCUT2D eigenvalue weighted by Crippen LogP contribution is 2.31. The van der Waals surface area contributed by atoms with Gasteiger partial charge in [0.25, 0.3) is 5.91 Å². The summed E-state index contributed by atoms with van der Waals surface area (Å²) in [4.78, 5) is 53.8. The number of carboxylic acids is 1. The Morgan fingerprint density at radius 2 is 1.65 bits per heavy atom. The largest absolute Gasteiger partial charge is 0.481 e. The molecule has 2 aromatic carbocycles. The second kappa shape index (κ2) is 13.3. The third-order valence-corrected chi connectivity index (χ3v) is 7.71. The maximum atomic E-state index is 13.4. The lowest BCUT2D eigenvalue weighted by Gasteiger charge is -2.36. The molecule has 40 heavy (non-hydrogen) atoms. The number of hydrogen-bond acceptors (Lipinski definition) is 6. The summed E-state index contributed by atoms with van der Waals surface area (Å²) in [6, 6.07) is 11.8. The van der Waals surface area contributed by atoms with Crippen molar-refractivity contribution < 1.29 is 29.0 Å². The summed E-state index contributed by atoms with van der Waals surface area (Å²) in [7, 11) is 1.36. The quantitative estimate of drug-likeness (QED) is 0.446. The molecule has 1 saturated heterocycles. The van der Waals surface area contributed by atoms with Gasteiger partial charge in [0.1, 0.15) is 0 Å². The van der Waals surface area contributed by atoms with Crippen molar-refractivity contribution in [2.24, 2.45) is 5.92 Å². The molecule has 4 rings (SSSR count). The fourth-order valence-corrected chi connectivity index (χ4v) is 5.38. The smallest absolute Gasteiger partial charge is 0.409 e. The van der Waals surface area contributed by atoms with E-state index in [-0.39, 0.29) is 24.3 Å². The number of methoxy groups -OCH3 is 1. The van der Waals surface area contributed by atoms with Crippen LogP contribution in [0.3, 0.4) is 0 Å². The molecule has 1 aliphatic carbocycles. The molecule has 3 N–H and O–H groups in total. The van der Waals surface area contributed by atoms with Crippen LogP contribution in [0, 0.1) is 12.8 Å². The first kappa shape index (κ1) is 28.9. The Morgan fingerprint density at radius 3 is 2.27 bits per heavy atom. The van der Waals surface area contributed by atoms with Crippen LogP contribution < -0.4 is 15.5 Å². The van der Waals surface area contributed by atoms with E-state index in [9.17, 15) is 24.3 Å². The standard InChI is InChI=1S/C30H38N4O6/c1-20-8-10-21(11-9-20)24(19-27(35)36)31-29(38)23-12-13-26(33-14-16-34(17-15-33)30(39)40-2)25(18-23)32-28(37)22-6-4-3-5-7-22/h8-13,18,22,24H,3-7,14-17,19H2,1-2H3,(H,31,38)(H,32,37)(H,35,36). The molecular formula is C30H38N4O6. The third-order valence-electron chi connectivity index (χ3n) is 7.71. The Bertz CT molecular complexity index is 1220. The molecule has 214 valence electrons. The highest BCUT2D eigenvalue weighted by Gasteiger charge is 2.27. The maximum Gasteiger partial charge on any atom is 0.409 e. The van der Waals surface area contributed by atoms with E-state index in [1.165, 1.54) is 7.11 Å². The molecule has 0 spiro atoms. The van der Waals surface area contributed by atoms with Gasteiger partial charge in [-0.15, -0.1) is 0 Å². The maximum absolute atomic E-state index is 13.4. The van der Waals surface area contributed by atoms with Crippen LogP contribution in [0.4, 0.5) is 16.2 Å². The SMILES string of the molecule is COC(=O)N1CCN(c2ccc(C(=O)NC(CC(=O)O)c3ccc(C)cc3)cc2NC(=O)C2CCCCC2)CC1. The van der Waals surface area contributed by atoms with E-state index in [2.05, 4.69) is 15.5 Å². The zero-order valence-corrected chi connectivity index (χ0v) is 23.2. The number of aliphatic carboxylic acids is 1. The van der Waals surface area contributed by atoms with E-state index >= 15 is 0 Å². The Balaban J connectivity index is 1.57. The van der Waals surface area contributed by atoms with Crippen LogP contribution in [0.25, 0.3) is 0 Å². The number of rotatable bonds is 8. The second-order valence-electron chi connectivity index (χ2n) is 10.5. The van der Waals surface area contributed by atoms with Gasteiger partial charge in [0.2, 0.25) is 5.91 Å². The van der Waals surface area contributed by atoms with E-state index in [4.69, 9.17) is 4.74 Å². The van der Waals surface area contributed by atoms with Crippen LogP contribution in [0.5, 0.6) is 0 Å². The number of benzene rings is 2. The van der Waals surface area contributed by atoms with Gasteiger partial charge in [-0.3, -0.25) is 14.4 Å². The average Bonchev–Trinajstić information content (AvgIpc) is 2.97. The van der Waals surface area contributed by atoms with Crippen LogP contribution in [0.1, 0.15) is 66.1 Å². The van der Waals surface area contributed by atoms with Crippen LogP contribution in [-0.2, 0) is 14.3 Å². The predicted octanol–water partition coefficient (Wildman–Crippen LogP) is 4.35. The van der Waals surface area contributed by atoms with E-state index in [1.807, 2.05) is 31.2 Å². The van der Waals surface area contributed by atoms with Crippen molar-refractivity contribution in [3.8, 4) is 0 Å². The van der Waals surface area contributed by atoms with Crippen LogP contribution >= 0.6 is 0 Å². The van der Waals surface area contributed by atoms with Gasteiger partial charge in [0, 0.05) is 37.7 Å². The summed E-state index contributed by atoms with van der Waals surface area (Å²) in [5.41, 5.74) is 3.35. The Hall–Kier alpha value is -4.08. The van der Waals surface area contributed by atoms with Crippen molar-refractivity contribution in [1.82, 2.24) is 10.2 Å². The highest BCUT2D eigenvalue weighted by atomic mass is 16.5. The molecule has 1 atom stereocenters. The number of anilines is 2. The van der Waals surface area contributed by atoms with Crippen molar-refractivity contribution in [1.29, 1.82) is 0 Å². The number of amides is 3. The number of nitrogens with one attached hydrogen (secondary N) is 2. The van der Waals surface area contributed by atoms with Gasteiger partial charge in [0.05, 0.1) is 30.9 Å². The Morgan fingerprint density at radius 1 is 0.975 bits per heavy atom. The van der Waals surface area contributed by atoms with Gasteiger partial charge in [0.15, 0.2) is 0 Å². The van der Waals surface area contributed by atoms with Crippen molar-refractivity contribution >= 4 is 35.3 Å². The minimum atomic E-state index is -1.02. The molecule has 10 heteroatoms. The highest BCUT2D eigenvalue weighted by molar-refractivity contribution is 6.00. The minimum Gasteiger partial charge on any atom is -0.481 e. The molecule has 1 unspecified atom stereocenters. The van der Waals surface area contributed by atoms with Gasteiger partial charge in [-0.05, 0) is 43.5 Å². The monoisotopic (exact) mass is 550 g/mol. The lowest BCUT2D eigenvalue weighted by Crippen LogP contribution is -2.49. The molecule has 1 aliphatic heterocycles. The zero-order valence-electron chi connectivity index (χ0n) is 23.2. The lowest BCUT2D eigenvalue weighted by molar-refractivity contribution is -0.137. The van der Waals surface area contributed by atoms with Gasteiger partial charge in [-0.1, -0.05) is 49.1 Å². The Labute approximate surface area is 234 Å². The summed E-state index contributed by atoms with van der Waals surface area (Å²) >= 11 is 0. The first-order chi connectivity index (χ1) is 19.2. The van der Waals surface area contributed by atoms with Crippen LogP contribution in [-0.4, -0.2) is 67.2 Å². The first-order valence-electron chi connectivity index (χ1n) is 13.9. The predicted molar refractivity (Wildman–Crippen MR) is 151 cm³/mol. The number of carbonyl (C=O) groups excluding carboxylic acids is 3. The van der Waals surface area contributed by atoms with Crippen molar-refractivity contribution in [3.05, 3.63) is 59.2 Å². The zero-order chi connectivity index (χ0) is 28.6. The summed E-state index contributed by atoms with van der Waals surface area (Å²) in [5, 5.41) is 15.4. The molecule has 2 fully saturated rings. The summed E-state index contributed by atoms with van der Waals surface area (Å²) in [5.74, 6) is -1.58. The second-order valence-corrected chi connectivity index (χ2v) is 10.5. The van der Waals surface area contributed by atoms with Gasteiger partial charge < -0.3 is 30.3 Å². The number of ether oxygens (including phenoxy) is 1. The molecule has 0 radical (unpaired) electrons. The van der Waals surface area contributed by atoms with E-state index in [0.717, 1.165) is 43.4 Å². The van der Waals surface area contributed by atoms with Crippen molar-refractivity contribution in [3.63, 3.8) is 0 Å². The first-order valence-corrected chi connectivity index (χ1v) is 13.9. The third kappa shape index (κ3) is 7.31. The number of piperazine rings is 1. The van der Waals surface area contributed by atoms with Gasteiger partial charge in [-0.25, -0.2) is 4.79 Å². The summed E-state index contributed by atoms with van der Waals surface area (Å²) in [6.07, 6.45) is 4.22. The van der Waals surface area contributed by atoms with E-state index < -0.39 is 17.9 Å². The van der Waals surface area contributed by atoms with Crippen LogP contribution in [0.2, 0.25) is 0 Å². The summed E-state index contributed by atoms with van der Waals surface area (Å²) < 4.78 is 4.84. The number of carboxylic acid groups (broad SMARTS) is 1. The number of nitrogens with zero attached hydrogens (tertiary/aromatic N) is 2. The van der Waals surface area contributed by atoms with Crippen molar-refractivity contribution in [2.75, 3.05) is 43.5 Å².